The maximum atomic E-state index is 5.44. The standard InChI is InChI=1S/C19H25NO/c1-14-6-5-7-17(12-14)10-9-16(3)20-18-11-8-15(2)13-19(18)21-4/h5-8,11-13,16,20H,9-10H2,1-4H3. The van der Waals surface area contributed by atoms with Gasteiger partial charge in [0.25, 0.3) is 0 Å². The predicted molar refractivity (Wildman–Crippen MR) is 90.3 cm³/mol. The van der Waals surface area contributed by atoms with Crippen molar-refractivity contribution in [3.05, 3.63) is 59.2 Å². The third kappa shape index (κ3) is 4.52. The van der Waals surface area contributed by atoms with Gasteiger partial charge in [0.1, 0.15) is 5.75 Å². The van der Waals surface area contributed by atoms with Gasteiger partial charge in [0, 0.05) is 6.04 Å². The van der Waals surface area contributed by atoms with E-state index in [1.54, 1.807) is 7.11 Å². The molecule has 0 fully saturated rings. The Hall–Kier alpha value is -1.96. The second-order valence-corrected chi connectivity index (χ2v) is 5.78. The van der Waals surface area contributed by atoms with Gasteiger partial charge in [-0.15, -0.1) is 0 Å². The molecule has 0 aliphatic heterocycles. The van der Waals surface area contributed by atoms with E-state index in [9.17, 15) is 0 Å². The molecule has 2 heteroatoms. The van der Waals surface area contributed by atoms with Gasteiger partial charge in [0.05, 0.1) is 12.8 Å². The van der Waals surface area contributed by atoms with Crippen LogP contribution in [0.25, 0.3) is 0 Å². The molecule has 1 unspecified atom stereocenters. The predicted octanol–water partition coefficient (Wildman–Crippen LogP) is 4.75. The lowest BCUT2D eigenvalue weighted by atomic mass is 10.0. The Morgan fingerprint density at radius 1 is 1.05 bits per heavy atom. The van der Waals surface area contributed by atoms with Crippen LogP contribution in [0, 0.1) is 13.8 Å². The fourth-order valence-electron chi connectivity index (χ4n) is 2.51. The monoisotopic (exact) mass is 283 g/mol. The number of hydrogen-bond acceptors (Lipinski definition) is 2. The zero-order chi connectivity index (χ0) is 15.2. The van der Waals surface area contributed by atoms with Crippen LogP contribution in [0.2, 0.25) is 0 Å². The third-order valence-corrected chi connectivity index (χ3v) is 3.71. The van der Waals surface area contributed by atoms with Crippen molar-refractivity contribution in [2.45, 2.75) is 39.7 Å². The molecule has 112 valence electrons. The molecule has 0 aliphatic carbocycles. The Morgan fingerprint density at radius 2 is 1.81 bits per heavy atom. The zero-order valence-electron chi connectivity index (χ0n) is 13.4. The van der Waals surface area contributed by atoms with Crippen LogP contribution in [0.5, 0.6) is 5.75 Å². The van der Waals surface area contributed by atoms with Crippen molar-refractivity contribution in [3.63, 3.8) is 0 Å². The Labute approximate surface area is 128 Å². The molecule has 0 aromatic heterocycles. The van der Waals surface area contributed by atoms with E-state index in [0.29, 0.717) is 6.04 Å². The normalized spacial score (nSPS) is 12.0. The van der Waals surface area contributed by atoms with E-state index in [4.69, 9.17) is 4.74 Å². The van der Waals surface area contributed by atoms with Gasteiger partial charge in [-0.25, -0.2) is 0 Å². The number of ether oxygens (including phenoxy) is 1. The first-order chi connectivity index (χ1) is 10.1. The van der Waals surface area contributed by atoms with Crippen LogP contribution in [-0.2, 0) is 6.42 Å². The van der Waals surface area contributed by atoms with Crippen molar-refractivity contribution in [2.24, 2.45) is 0 Å². The van der Waals surface area contributed by atoms with Gasteiger partial charge in [-0.3, -0.25) is 0 Å². The van der Waals surface area contributed by atoms with Crippen LogP contribution in [0.3, 0.4) is 0 Å². The summed E-state index contributed by atoms with van der Waals surface area (Å²) in [6.07, 6.45) is 2.19. The first kappa shape index (κ1) is 15.4. The van der Waals surface area contributed by atoms with Crippen LogP contribution >= 0.6 is 0 Å². The van der Waals surface area contributed by atoms with Gasteiger partial charge in [-0.05, 0) is 56.9 Å². The molecule has 0 saturated heterocycles. The fourth-order valence-corrected chi connectivity index (χ4v) is 2.51. The van der Waals surface area contributed by atoms with Gasteiger partial charge < -0.3 is 10.1 Å². The summed E-state index contributed by atoms with van der Waals surface area (Å²) in [6.45, 7) is 6.44. The summed E-state index contributed by atoms with van der Waals surface area (Å²) in [5, 5.41) is 3.55. The van der Waals surface area contributed by atoms with E-state index in [1.165, 1.54) is 16.7 Å². The summed E-state index contributed by atoms with van der Waals surface area (Å²) in [5.74, 6) is 0.914. The van der Waals surface area contributed by atoms with Gasteiger partial charge >= 0.3 is 0 Å². The van der Waals surface area contributed by atoms with Crippen LogP contribution in [0.1, 0.15) is 30.0 Å². The van der Waals surface area contributed by atoms with Gasteiger partial charge in [0.15, 0.2) is 0 Å². The van der Waals surface area contributed by atoms with Crippen molar-refractivity contribution in [3.8, 4) is 5.75 Å². The van der Waals surface area contributed by atoms with E-state index >= 15 is 0 Å². The van der Waals surface area contributed by atoms with Crippen molar-refractivity contribution >= 4 is 5.69 Å². The molecule has 2 aromatic carbocycles. The molecule has 1 N–H and O–H groups in total. The largest absolute Gasteiger partial charge is 0.495 e. The SMILES string of the molecule is COc1cc(C)ccc1NC(C)CCc1cccc(C)c1. The second kappa shape index (κ2) is 7.16. The Bertz CT molecular complexity index is 592. The molecule has 2 rings (SSSR count). The van der Waals surface area contributed by atoms with Gasteiger partial charge in [0.2, 0.25) is 0 Å². The lowest BCUT2D eigenvalue weighted by Crippen LogP contribution is -2.16. The maximum absolute atomic E-state index is 5.44. The first-order valence-corrected chi connectivity index (χ1v) is 7.55. The van der Waals surface area contributed by atoms with Gasteiger partial charge in [-0.1, -0.05) is 35.9 Å². The average Bonchev–Trinajstić information content (AvgIpc) is 2.47. The highest BCUT2D eigenvalue weighted by Gasteiger charge is 2.07. The van der Waals surface area contributed by atoms with Crippen molar-refractivity contribution in [1.82, 2.24) is 0 Å². The Balaban J connectivity index is 1.94. The molecule has 0 saturated carbocycles. The summed E-state index contributed by atoms with van der Waals surface area (Å²) in [5.41, 5.74) is 5.01. The third-order valence-electron chi connectivity index (χ3n) is 3.71. The molecule has 1 atom stereocenters. The Kier molecular flexibility index (Phi) is 5.26. The Morgan fingerprint density at radius 3 is 2.52 bits per heavy atom. The minimum absolute atomic E-state index is 0.405. The lowest BCUT2D eigenvalue weighted by Gasteiger charge is -2.18. The van der Waals surface area contributed by atoms with E-state index in [2.05, 4.69) is 68.6 Å². The molecular weight excluding hydrogens is 258 g/mol. The van der Waals surface area contributed by atoms with Crippen molar-refractivity contribution in [1.29, 1.82) is 0 Å². The lowest BCUT2D eigenvalue weighted by molar-refractivity contribution is 0.415. The highest BCUT2D eigenvalue weighted by atomic mass is 16.5. The number of rotatable bonds is 6. The first-order valence-electron chi connectivity index (χ1n) is 7.55. The molecule has 2 aromatic rings. The molecular formula is C19H25NO. The van der Waals surface area contributed by atoms with Crippen molar-refractivity contribution in [2.75, 3.05) is 12.4 Å². The van der Waals surface area contributed by atoms with Crippen LogP contribution in [0.4, 0.5) is 5.69 Å². The zero-order valence-corrected chi connectivity index (χ0v) is 13.4. The van der Waals surface area contributed by atoms with Crippen LogP contribution in [0.15, 0.2) is 42.5 Å². The number of hydrogen-bond donors (Lipinski definition) is 1. The maximum Gasteiger partial charge on any atom is 0.142 e. The molecule has 0 heterocycles. The second-order valence-electron chi connectivity index (χ2n) is 5.78. The number of benzene rings is 2. The van der Waals surface area contributed by atoms with E-state index < -0.39 is 0 Å². The fraction of sp³-hybridized carbons (Fsp3) is 0.368. The summed E-state index contributed by atoms with van der Waals surface area (Å²) in [4.78, 5) is 0. The van der Waals surface area contributed by atoms with Crippen molar-refractivity contribution < 1.29 is 4.74 Å². The quantitative estimate of drug-likeness (QED) is 0.826. The highest BCUT2D eigenvalue weighted by molar-refractivity contribution is 5.58. The molecule has 21 heavy (non-hydrogen) atoms. The van der Waals surface area contributed by atoms with Crippen LogP contribution < -0.4 is 10.1 Å². The molecule has 0 spiro atoms. The number of nitrogens with one attached hydrogen (secondary N) is 1. The van der Waals surface area contributed by atoms with E-state index in [1.807, 2.05) is 0 Å². The number of methoxy groups -OCH3 is 1. The molecule has 0 amide bonds. The molecule has 0 bridgehead atoms. The van der Waals surface area contributed by atoms with Crippen LogP contribution in [-0.4, -0.2) is 13.2 Å². The highest BCUT2D eigenvalue weighted by Crippen LogP contribution is 2.26. The molecule has 2 nitrogen and oxygen atoms in total. The van der Waals surface area contributed by atoms with Gasteiger partial charge in [-0.2, -0.15) is 0 Å². The summed E-state index contributed by atoms with van der Waals surface area (Å²) >= 11 is 0. The summed E-state index contributed by atoms with van der Waals surface area (Å²) in [7, 11) is 1.72. The van der Waals surface area contributed by atoms with E-state index in [-0.39, 0.29) is 0 Å². The topological polar surface area (TPSA) is 21.3 Å². The molecule has 0 radical (unpaired) electrons. The molecule has 0 aliphatic rings. The van der Waals surface area contributed by atoms with E-state index in [0.717, 1.165) is 24.3 Å². The minimum atomic E-state index is 0.405. The average molecular weight is 283 g/mol. The summed E-state index contributed by atoms with van der Waals surface area (Å²) < 4.78 is 5.44. The summed E-state index contributed by atoms with van der Waals surface area (Å²) in [6, 6.07) is 15.4. The number of anilines is 1. The smallest absolute Gasteiger partial charge is 0.142 e. The minimum Gasteiger partial charge on any atom is -0.495 e. The number of aryl methyl sites for hydroxylation is 3.